The van der Waals surface area contributed by atoms with E-state index in [4.69, 9.17) is 29.6 Å². The number of hydrogen-bond donors (Lipinski definition) is 2. The summed E-state index contributed by atoms with van der Waals surface area (Å²) in [6.45, 7) is 0.761. The molecule has 13 heavy (non-hydrogen) atoms. The molecule has 0 spiro atoms. The van der Waals surface area contributed by atoms with Crippen molar-refractivity contribution in [1.29, 1.82) is 0 Å². The van der Waals surface area contributed by atoms with E-state index >= 15 is 0 Å². The van der Waals surface area contributed by atoms with Gasteiger partial charge in [0.1, 0.15) is 0 Å². The maximum Gasteiger partial charge on any atom is 0.0745 e. The molecule has 0 saturated heterocycles. The molecule has 1 rings (SSSR count). The minimum atomic E-state index is 0.529. The molecular formula is C9H11ClN2S. The van der Waals surface area contributed by atoms with Gasteiger partial charge >= 0.3 is 0 Å². The topological polar surface area (TPSA) is 38.0 Å². The lowest BCUT2D eigenvalue weighted by Crippen LogP contribution is -2.13. The Labute approximate surface area is 88.1 Å². The molecule has 0 aliphatic carbocycles. The summed E-state index contributed by atoms with van der Waals surface area (Å²) in [6.07, 6.45) is 0.706. The maximum absolute atomic E-state index is 5.73. The third kappa shape index (κ3) is 4.10. The van der Waals surface area contributed by atoms with Crippen LogP contribution in [0.1, 0.15) is 6.42 Å². The van der Waals surface area contributed by atoms with Gasteiger partial charge in [-0.15, -0.1) is 0 Å². The van der Waals surface area contributed by atoms with E-state index in [9.17, 15) is 0 Å². The van der Waals surface area contributed by atoms with Crippen LogP contribution in [0.15, 0.2) is 24.3 Å². The van der Waals surface area contributed by atoms with Crippen LogP contribution in [0.25, 0.3) is 0 Å². The minimum Gasteiger partial charge on any atom is -0.393 e. The van der Waals surface area contributed by atoms with Crippen LogP contribution >= 0.6 is 23.8 Å². The van der Waals surface area contributed by atoms with Gasteiger partial charge in [0.15, 0.2) is 0 Å². The number of halogens is 1. The fourth-order valence-corrected chi connectivity index (χ4v) is 1.13. The zero-order valence-electron chi connectivity index (χ0n) is 7.09. The summed E-state index contributed by atoms with van der Waals surface area (Å²) in [5, 5.41) is 3.91. The van der Waals surface area contributed by atoms with Crippen molar-refractivity contribution in [3.8, 4) is 0 Å². The third-order valence-corrected chi connectivity index (χ3v) is 2.00. The number of benzene rings is 1. The van der Waals surface area contributed by atoms with Crippen molar-refractivity contribution in [1.82, 2.24) is 0 Å². The van der Waals surface area contributed by atoms with E-state index in [0.29, 0.717) is 11.4 Å². The van der Waals surface area contributed by atoms with Crippen molar-refractivity contribution >= 4 is 34.5 Å². The molecule has 0 aromatic heterocycles. The number of nitrogens with one attached hydrogen (secondary N) is 1. The molecule has 0 saturated carbocycles. The van der Waals surface area contributed by atoms with Gasteiger partial charge < -0.3 is 11.1 Å². The second kappa shape index (κ2) is 5.04. The average molecular weight is 215 g/mol. The predicted molar refractivity (Wildman–Crippen MR) is 61.3 cm³/mol. The van der Waals surface area contributed by atoms with E-state index in [1.165, 1.54) is 0 Å². The van der Waals surface area contributed by atoms with Crippen molar-refractivity contribution in [2.45, 2.75) is 6.42 Å². The molecule has 0 aliphatic heterocycles. The van der Waals surface area contributed by atoms with Gasteiger partial charge in [0.25, 0.3) is 0 Å². The number of hydrogen-bond acceptors (Lipinski definition) is 2. The van der Waals surface area contributed by atoms with Crippen LogP contribution in [0, 0.1) is 0 Å². The van der Waals surface area contributed by atoms with Crippen LogP contribution in [0.2, 0.25) is 5.02 Å². The molecular weight excluding hydrogens is 204 g/mol. The van der Waals surface area contributed by atoms with Gasteiger partial charge in [0, 0.05) is 23.7 Å². The molecule has 4 heteroatoms. The van der Waals surface area contributed by atoms with Crippen LogP contribution in [0.5, 0.6) is 0 Å². The van der Waals surface area contributed by atoms with Crippen LogP contribution < -0.4 is 11.1 Å². The Morgan fingerprint density at radius 3 is 2.54 bits per heavy atom. The van der Waals surface area contributed by atoms with Gasteiger partial charge in [0.2, 0.25) is 0 Å². The van der Waals surface area contributed by atoms with Crippen LogP contribution in [-0.2, 0) is 0 Å². The highest BCUT2D eigenvalue weighted by molar-refractivity contribution is 7.80. The summed E-state index contributed by atoms with van der Waals surface area (Å²) in [5.41, 5.74) is 6.38. The first-order valence-corrected chi connectivity index (χ1v) is 4.75. The molecule has 2 nitrogen and oxygen atoms in total. The SMILES string of the molecule is NC(=S)CCNc1ccc(Cl)cc1. The smallest absolute Gasteiger partial charge is 0.0745 e. The fourth-order valence-electron chi connectivity index (χ4n) is 0.898. The molecule has 0 unspecified atom stereocenters. The normalized spacial score (nSPS) is 9.62. The quantitative estimate of drug-likeness (QED) is 0.757. The molecule has 0 amide bonds. The summed E-state index contributed by atoms with van der Waals surface area (Å²) in [4.78, 5) is 0.529. The highest BCUT2D eigenvalue weighted by Crippen LogP contribution is 2.12. The highest BCUT2D eigenvalue weighted by Gasteiger charge is 1.92. The molecule has 0 fully saturated rings. The van der Waals surface area contributed by atoms with Crippen molar-refractivity contribution in [3.63, 3.8) is 0 Å². The molecule has 0 aliphatic rings. The lowest BCUT2D eigenvalue weighted by atomic mass is 10.3. The Morgan fingerprint density at radius 1 is 1.38 bits per heavy atom. The first kappa shape index (κ1) is 10.3. The molecule has 0 radical (unpaired) electrons. The first-order valence-electron chi connectivity index (χ1n) is 3.96. The monoisotopic (exact) mass is 214 g/mol. The minimum absolute atomic E-state index is 0.529. The highest BCUT2D eigenvalue weighted by atomic mass is 35.5. The van der Waals surface area contributed by atoms with Crippen molar-refractivity contribution < 1.29 is 0 Å². The molecule has 0 heterocycles. The Kier molecular flexibility index (Phi) is 3.99. The van der Waals surface area contributed by atoms with Gasteiger partial charge in [-0.2, -0.15) is 0 Å². The van der Waals surface area contributed by atoms with Crippen molar-refractivity contribution in [2.24, 2.45) is 5.73 Å². The van der Waals surface area contributed by atoms with E-state index in [1.54, 1.807) is 0 Å². The molecule has 1 aromatic rings. The average Bonchev–Trinajstić information content (AvgIpc) is 2.08. The van der Waals surface area contributed by atoms with Crippen molar-refractivity contribution in [2.75, 3.05) is 11.9 Å². The predicted octanol–water partition coefficient (Wildman–Crippen LogP) is 2.43. The summed E-state index contributed by atoms with van der Waals surface area (Å²) >= 11 is 10.5. The Hall–Kier alpha value is -0.800. The second-order valence-electron chi connectivity index (χ2n) is 2.65. The zero-order valence-corrected chi connectivity index (χ0v) is 8.66. The lowest BCUT2D eigenvalue weighted by molar-refractivity contribution is 1.11. The second-order valence-corrected chi connectivity index (χ2v) is 3.61. The van der Waals surface area contributed by atoms with Gasteiger partial charge in [-0.1, -0.05) is 23.8 Å². The number of rotatable bonds is 4. The molecule has 70 valence electrons. The Bertz CT molecular complexity index is 284. The zero-order chi connectivity index (χ0) is 9.68. The largest absolute Gasteiger partial charge is 0.393 e. The number of thiocarbonyl (C=S) groups is 1. The molecule has 3 N–H and O–H groups in total. The first-order chi connectivity index (χ1) is 6.18. The lowest BCUT2D eigenvalue weighted by Gasteiger charge is -2.04. The maximum atomic E-state index is 5.73. The standard InChI is InChI=1S/C9H11ClN2S/c10-7-1-3-8(4-2-7)12-6-5-9(11)13/h1-4,12H,5-6H2,(H2,11,13). The number of anilines is 1. The van der Waals surface area contributed by atoms with E-state index in [2.05, 4.69) is 5.32 Å². The van der Waals surface area contributed by atoms with Crippen LogP contribution in [-0.4, -0.2) is 11.5 Å². The van der Waals surface area contributed by atoms with Crippen LogP contribution in [0.3, 0.4) is 0 Å². The van der Waals surface area contributed by atoms with Crippen molar-refractivity contribution in [3.05, 3.63) is 29.3 Å². The summed E-state index contributed by atoms with van der Waals surface area (Å²) < 4.78 is 0. The van der Waals surface area contributed by atoms with E-state index in [1.807, 2.05) is 24.3 Å². The van der Waals surface area contributed by atoms with Gasteiger partial charge in [-0.05, 0) is 24.3 Å². The van der Waals surface area contributed by atoms with Gasteiger partial charge in [-0.3, -0.25) is 0 Å². The Balaban J connectivity index is 2.37. The van der Waals surface area contributed by atoms with Gasteiger partial charge in [0.05, 0.1) is 4.99 Å². The summed E-state index contributed by atoms with van der Waals surface area (Å²) in [6, 6.07) is 7.51. The van der Waals surface area contributed by atoms with E-state index in [0.717, 1.165) is 17.3 Å². The Morgan fingerprint density at radius 2 is 2.00 bits per heavy atom. The molecule has 1 aromatic carbocycles. The summed E-state index contributed by atoms with van der Waals surface area (Å²) in [7, 11) is 0. The summed E-state index contributed by atoms with van der Waals surface area (Å²) in [5.74, 6) is 0. The van der Waals surface area contributed by atoms with E-state index in [-0.39, 0.29) is 0 Å². The van der Waals surface area contributed by atoms with E-state index < -0.39 is 0 Å². The number of nitrogens with two attached hydrogens (primary N) is 1. The van der Waals surface area contributed by atoms with Gasteiger partial charge in [-0.25, -0.2) is 0 Å². The fraction of sp³-hybridized carbons (Fsp3) is 0.222. The molecule has 0 bridgehead atoms. The third-order valence-electron chi connectivity index (χ3n) is 1.54. The van der Waals surface area contributed by atoms with Crippen LogP contribution in [0.4, 0.5) is 5.69 Å². The molecule has 0 atom stereocenters.